The number of nitrogens with zero attached hydrogens (tertiary/aromatic N) is 6. The molecular formula is C26H26N6O2. The van der Waals surface area contributed by atoms with Crippen molar-refractivity contribution in [2.24, 2.45) is 0 Å². The van der Waals surface area contributed by atoms with Crippen molar-refractivity contribution in [1.82, 2.24) is 24.4 Å². The van der Waals surface area contributed by atoms with Crippen LogP contribution in [0.15, 0.2) is 73.3 Å². The molecule has 4 aromatic rings. The maximum Gasteiger partial charge on any atom is 0.257 e. The van der Waals surface area contributed by atoms with Gasteiger partial charge in [0.2, 0.25) is 0 Å². The van der Waals surface area contributed by atoms with Gasteiger partial charge in [0.25, 0.3) is 5.91 Å². The summed E-state index contributed by atoms with van der Waals surface area (Å²) < 4.78 is 7.96. The lowest BCUT2D eigenvalue weighted by molar-refractivity contribution is 0.0744. The number of anilines is 1. The minimum atomic E-state index is -0.0286. The number of rotatable bonds is 5. The number of aromatic nitrogens is 4. The number of hydrogen-bond acceptors (Lipinski definition) is 6. The Morgan fingerprint density at radius 1 is 0.853 bits per heavy atom. The van der Waals surface area contributed by atoms with Crippen LogP contribution in [0.4, 0.5) is 5.82 Å². The van der Waals surface area contributed by atoms with Gasteiger partial charge in [-0.25, -0.2) is 15.0 Å². The van der Waals surface area contributed by atoms with Crippen LogP contribution >= 0.6 is 0 Å². The summed E-state index contributed by atoms with van der Waals surface area (Å²) in [5, 5.41) is 0. The van der Waals surface area contributed by atoms with Gasteiger partial charge in [0, 0.05) is 37.9 Å². The summed E-state index contributed by atoms with van der Waals surface area (Å²) in [6.45, 7) is 6.57. The van der Waals surface area contributed by atoms with Crippen molar-refractivity contribution in [2.45, 2.75) is 13.8 Å². The van der Waals surface area contributed by atoms with Gasteiger partial charge in [-0.2, -0.15) is 0 Å². The molecular weight excluding hydrogens is 428 g/mol. The van der Waals surface area contributed by atoms with E-state index in [0.29, 0.717) is 43.2 Å². The molecule has 0 radical (unpaired) electrons. The largest absolute Gasteiger partial charge is 0.457 e. The highest BCUT2D eigenvalue weighted by Crippen LogP contribution is 2.27. The second-order valence-corrected chi connectivity index (χ2v) is 8.21. The Balaban J connectivity index is 1.28. The molecule has 3 heterocycles. The second kappa shape index (κ2) is 9.35. The number of para-hydroxylation sites is 2. The zero-order valence-electron chi connectivity index (χ0n) is 19.3. The smallest absolute Gasteiger partial charge is 0.257 e. The first-order chi connectivity index (χ1) is 16.6. The van der Waals surface area contributed by atoms with Crippen molar-refractivity contribution >= 4 is 11.7 Å². The van der Waals surface area contributed by atoms with E-state index in [4.69, 9.17) is 4.74 Å². The van der Waals surface area contributed by atoms with Gasteiger partial charge in [-0.05, 0) is 38.1 Å². The Kier molecular flexibility index (Phi) is 5.95. The van der Waals surface area contributed by atoms with E-state index in [1.165, 1.54) is 0 Å². The van der Waals surface area contributed by atoms with E-state index in [0.717, 1.165) is 23.0 Å². The van der Waals surface area contributed by atoms with Crippen LogP contribution in [0.2, 0.25) is 0 Å². The van der Waals surface area contributed by atoms with Crippen LogP contribution in [0.25, 0.3) is 5.82 Å². The molecule has 1 fully saturated rings. The van der Waals surface area contributed by atoms with Crippen molar-refractivity contribution in [3.63, 3.8) is 0 Å². The van der Waals surface area contributed by atoms with Crippen LogP contribution < -0.4 is 9.64 Å². The van der Waals surface area contributed by atoms with E-state index < -0.39 is 0 Å². The lowest BCUT2D eigenvalue weighted by Gasteiger charge is -2.35. The molecule has 1 aliphatic heterocycles. The molecule has 0 unspecified atom stereocenters. The number of amides is 1. The average molecular weight is 455 g/mol. The Morgan fingerprint density at radius 2 is 1.56 bits per heavy atom. The van der Waals surface area contributed by atoms with Crippen LogP contribution in [0.1, 0.15) is 21.7 Å². The third-order valence-corrected chi connectivity index (χ3v) is 6.12. The first-order valence-corrected chi connectivity index (χ1v) is 11.3. The molecule has 5 rings (SSSR count). The predicted octanol–water partition coefficient (Wildman–Crippen LogP) is 4.03. The van der Waals surface area contributed by atoms with E-state index in [2.05, 4.69) is 19.9 Å². The second-order valence-electron chi connectivity index (χ2n) is 8.21. The van der Waals surface area contributed by atoms with E-state index in [1.54, 1.807) is 12.7 Å². The van der Waals surface area contributed by atoms with Crippen molar-refractivity contribution < 1.29 is 9.53 Å². The SMILES string of the molecule is Cc1ncn(-c2cc(N3CCN(C(=O)c4ccccc4Oc4ccccc4)CC3)ncn2)c1C. The maximum atomic E-state index is 13.3. The highest BCUT2D eigenvalue weighted by Gasteiger charge is 2.25. The lowest BCUT2D eigenvalue weighted by Crippen LogP contribution is -2.49. The van der Waals surface area contributed by atoms with Gasteiger partial charge in [-0.3, -0.25) is 9.36 Å². The third-order valence-electron chi connectivity index (χ3n) is 6.12. The van der Waals surface area contributed by atoms with Gasteiger partial charge in [-0.1, -0.05) is 30.3 Å². The molecule has 8 heteroatoms. The standard InChI is InChI=1S/C26H26N6O2/c1-19-20(2)32(18-29-19)25-16-24(27-17-28-25)30-12-14-31(15-13-30)26(33)22-10-6-7-11-23(22)34-21-8-4-3-5-9-21/h3-11,16-18H,12-15H2,1-2H3. The molecule has 34 heavy (non-hydrogen) atoms. The molecule has 0 atom stereocenters. The fraction of sp³-hybridized carbons (Fsp3) is 0.231. The summed E-state index contributed by atoms with van der Waals surface area (Å²) in [5.74, 6) is 2.87. The number of ether oxygens (including phenoxy) is 1. The summed E-state index contributed by atoms with van der Waals surface area (Å²) in [6.07, 6.45) is 3.36. The monoisotopic (exact) mass is 454 g/mol. The normalized spacial score (nSPS) is 13.7. The van der Waals surface area contributed by atoms with E-state index in [1.807, 2.05) is 84.0 Å². The van der Waals surface area contributed by atoms with Crippen molar-refractivity contribution in [3.8, 4) is 17.3 Å². The van der Waals surface area contributed by atoms with E-state index in [9.17, 15) is 4.79 Å². The van der Waals surface area contributed by atoms with Crippen molar-refractivity contribution in [3.05, 3.63) is 90.3 Å². The lowest BCUT2D eigenvalue weighted by atomic mass is 10.1. The van der Waals surface area contributed by atoms with Gasteiger partial charge in [0.1, 0.15) is 35.8 Å². The molecule has 1 aliphatic rings. The Labute approximate surface area is 198 Å². The highest BCUT2D eigenvalue weighted by atomic mass is 16.5. The van der Waals surface area contributed by atoms with Crippen LogP contribution in [0.5, 0.6) is 11.5 Å². The average Bonchev–Trinajstić information content (AvgIpc) is 3.23. The van der Waals surface area contributed by atoms with Crippen LogP contribution in [-0.2, 0) is 0 Å². The summed E-state index contributed by atoms with van der Waals surface area (Å²) in [4.78, 5) is 30.6. The molecule has 0 saturated carbocycles. The molecule has 2 aromatic carbocycles. The summed E-state index contributed by atoms with van der Waals surface area (Å²) in [7, 11) is 0. The van der Waals surface area contributed by atoms with E-state index in [-0.39, 0.29) is 5.91 Å². The minimum absolute atomic E-state index is 0.0286. The predicted molar refractivity (Wildman–Crippen MR) is 130 cm³/mol. The Bertz CT molecular complexity index is 1300. The number of imidazole rings is 1. The van der Waals surface area contributed by atoms with E-state index >= 15 is 0 Å². The van der Waals surface area contributed by atoms with Gasteiger partial charge in [0.05, 0.1) is 11.3 Å². The van der Waals surface area contributed by atoms with Gasteiger partial charge in [0.15, 0.2) is 0 Å². The number of benzene rings is 2. The number of hydrogen-bond donors (Lipinski definition) is 0. The van der Waals surface area contributed by atoms with Gasteiger partial charge >= 0.3 is 0 Å². The zero-order valence-corrected chi connectivity index (χ0v) is 19.3. The Hall–Kier alpha value is -4.20. The van der Waals surface area contributed by atoms with Gasteiger partial charge in [-0.15, -0.1) is 0 Å². The number of carbonyl (C=O) groups excluding carboxylic acids is 1. The molecule has 1 amide bonds. The fourth-order valence-corrected chi connectivity index (χ4v) is 4.03. The fourth-order valence-electron chi connectivity index (χ4n) is 4.03. The zero-order chi connectivity index (χ0) is 23.5. The molecule has 0 bridgehead atoms. The first kappa shape index (κ1) is 21.6. The van der Waals surface area contributed by atoms with Crippen LogP contribution in [0, 0.1) is 13.8 Å². The summed E-state index contributed by atoms with van der Waals surface area (Å²) in [5.41, 5.74) is 2.59. The molecule has 2 aromatic heterocycles. The first-order valence-electron chi connectivity index (χ1n) is 11.3. The molecule has 1 saturated heterocycles. The topological polar surface area (TPSA) is 76.4 Å². The number of piperazine rings is 1. The number of carbonyl (C=O) groups is 1. The quantitative estimate of drug-likeness (QED) is 0.453. The van der Waals surface area contributed by atoms with Crippen molar-refractivity contribution in [1.29, 1.82) is 0 Å². The van der Waals surface area contributed by atoms with Crippen molar-refractivity contribution in [2.75, 3.05) is 31.1 Å². The molecule has 8 nitrogen and oxygen atoms in total. The third kappa shape index (κ3) is 4.34. The minimum Gasteiger partial charge on any atom is -0.457 e. The Morgan fingerprint density at radius 3 is 2.29 bits per heavy atom. The van der Waals surface area contributed by atoms with Crippen LogP contribution in [0.3, 0.4) is 0 Å². The highest BCUT2D eigenvalue weighted by molar-refractivity contribution is 5.97. The summed E-state index contributed by atoms with van der Waals surface area (Å²) in [6, 6.07) is 18.9. The molecule has 172 valence electrons. The molecule has 0 spiro atoms. The summed E-state index contributed by atoms with van der Waals surface area (Å²) >= 11 is 0. The van der Waals surface area contributed by atoms with Gasteiger partial charge < -0.3 is 14.5 Å². The molecule has 0 aliphatic carbocycles. The molecule has 0 N–H and O–H groups in total. The number of aryl methyl sites for hydroxylation is 1. The maximum absolute atomic E-state index is 13.3. The van der Waals surface area contributed by atoms with Crippen LogP contribution in [-0.4, -0.2) is 56.5 Å².